The van der Waals surface area contributed by atoms with Gasteiger partial charge in [-0.2, -0.15) is 12.7 Å². The molecule has 1 aliphatic heterocycles. The van der Waals surface area contributed by atoms with E-state index in [1.54, 1.807) is 0 Å². The minimum absolute atomic E-state index is 0.0617. The van der Waals surface area contributed by atoms with E-state index in [0.717, 1.165) is 33.0 Å². The van der Waals surface area contributed by atoms with Crippen molar-refractivity contribution in [1.82, 2.24) is 14.3 Å². The Balaban J connectivity index is 2.78. The Labute approximate surface area is 108 Å². The van der Waals surface area contributed by atoms with Crippen LogP contribution in [0, 0.1) is 0 Å². The van der Waals surface area contributed by atoms with Gasteiger partial charge in [-0.15, -0.1) is 0 Å². The van der Waals surface area contributed by atoms with Crippen molar-refractivity contribution >= 4 is 16.3 Å². The molecule has 7 nitrogen and oxygen atoms in total. The van der Waals surface area contributed by atoms with Crippen LogP contribution in [0.3, 0.4) is 0 Å². The lowest BCUT2D eigenvalue weighted by atomic mass is 10.1. The Morgan fingerprint density at radius 3 is 2.56 bits per heavy atom. The molecule has 1 rings (SSSR count). The third-order valence-electron chi connectivity index (χ3n) is 2.87. The number of piperidine rings is 1. The lowest BCUT2D eigenvalue weighted by molar-refractivity contribution is 0.176. The molecular weight excluding hydrogens is 258 g/mol. The maximum absolute atomic E-state index is 12.1. The Hall–Kier alpha value is -0.860. The standard InChI is InChI=1S/C10H21N3O4S/c1-3-8-13(9-4-6-11-7-5-9)18(15,16)12-10(14)17-2/h9,11H,3-8H2,1-2H3,(H,12,14). The highest BCUT2D eigenvalue weighted by Gasteiger charge is 2.31. The number of nitrogens with zero attached hydrogens (tertiary/aromatic N) is 1. The molecular formula is C10H21N3O4S. The summed E-state index contributed by atoms with van der Waals surface area (Å²) >= 11 is 0. The molecule has 0 atom stereocenters. The highest BCUT2D eigenvalue weighted by Crippen LogP contribution is 2.15. The fraction of sp³-hybridized carbons (Fsp3) is 0.900. The lowest BCUT2D eigenvalue weighted by Crippen LogP contribution is -2.51. The molecule has 1 heterocycles. The molecule has 0 radical (unpaired) electrons. The number of rotatable bonds is 5. The lowest BCUT2D eigenvalue weighted by Gasteiger charge is -2.33. The van der Waals surface area contributed by atoms with Crippen molar-refractivity contribution in [3.05, 3.63) is 0 Å². The molecule has 0 aromatic rings. The van der Waals surface area contributed by atoms with Crippen LogP contribution in [-0.2, 0) is 14.9 Å². The maximum Gasteiger partial charge on any atom is 0.421 e. The quantitative estimate of drug-likeness (QED) is 0.742. The van der Waals surface area contributed by atoms with Crippen molar-refractivity contribution in [3.63, 3.8) is 0 Å². The molecule has 1 fully saturated rings. The number of methoxy groups -OCH3 is 1. The first-order chi connectivity index (χ1) is 8.51. The first kappa shape index (κ1) is 15.2. The van der Waals surface area contributed by atoms with Gasteiger partial charge in [0.2, 0.25) is 0 Å². The molecule has 18 heavy (non-hydrogen) atoms. The SMILES string of the molecule is CCCN(C1CCNCC1)S(=O)(=O)NC(=O)OC. The van der Waals surface area contributed by atoms with Crippen LogP contribution < -0.4 is 10.0 Å². The van der Waals surface area contributed by atoms with Gasteiger partial charge in [-0.25, -0.2) is 9.52 Å². The summed E-state index contributed by atoms with van der Waals surface area (Å²) in [6.45, 7) is 3.88. The monoisotopic (exact) mass is 279 g/mol. The van der Waals surface area contributed by atoms with E-state index in [2.05, 4.69) is 10.1 Å². The summed E-state index contributed by atoms with van der Waals surface area (Å²) in [7, 11) is -2.68. The van der Waals surface area contributed by atoms with Crippen LogP contribution in [0.25, 0.3) is 0 Å². The summed E-state index contributed by atoms with van der Waals surface area (Å²) in [5.41, 5.74) is 0. The van der Waals surface area contributed by atoms with Gasteiger partial charge in [0.1, 0.15) is 0 Å². The number of ether oxygens (including phenoxy) is 1. The van der Waals surface area contributed by atoms with Crippen LogP contribution in [0.1, 0.15) is 26.2 Å². The van der Waals surface area contributed by atoms with E-state index < -0.39 is 16.3 Å². The van der Waals surface area contributed by atoms with E-state index in [4.69, 9.17) is 0 Å². The average Bonchev–Trinajstić information content (AvgIpc) is 2.36. The smallest absolute Gasteiger partial charge is 0.421 e. The Bertz CT molecular complexity index is 365. The highest BCUT2D eigenvalue weighted by molar-refractivity contribution is 7.87. The number of hydrogen-bond acceptors (Lipinski definition) is 5. The molecule has 8 heteroatoms. The van der Waals surface area contributed by atoms with E-state index in [-0.39, 0.29) is 6.04 Å². The molecule has 0 spiro atoms. The first-order valence-electron chi connectivity index (χ1n) is 6.09. The average molecular weight is 279 g/mol. The van der Waals surface area contributed by atoms with Crippen molar-refractivity contribution in [2.75, 3.05) is 26.7 Å². The van der Waals surface area contributed by atoms with Crippen LogP contribution >= 0.6 is 0 Å². The van der Waals surface area contributed by atoms with Crippen molar-refractivity contribution in [1.29, 1.82) is 0 Å². The zero-order valence-corrected chi connectivity index (χ0v) is 11.6. The van der Waals surface area contributed by atoms with Crippen LogP contribution in [0.2, 0.25) is 0 Å². The molecule has 2 N–H and O–H groups in total. The van der Waals surface area contributed by atoms with E-state index >= 15 is 0 Å². The van der Waals surface area contributed by atoms with Gasteiger partial charge in [0.25, 0.3) is 0 Å². The third kappa shape index (κ3) is 4.11. The zero-order valence-electron chi connectivity index (χ0n) is 10.8. The van der Waals surface area contributed by atoms with Gasteiger partial charge in [0.15, 0.2) is 0 Å². The van der Waals surface area contributed by atoms with Crippen molar-refractivity contribution < 1.29 is 17.9 Å². The van der Waals surface area contributed by atoms with Gasteiger partial charge in [0.05, 0.1) is 7.11 Å². The third-order valence-corrected chi connectivity index (χ3v) is 4.39. The van der Waals surface area contributed by atoms with Crippen molar-refractivity contribution in [3.8, 4) is 0 Å². The van der Waals surface area contributed by atoms with Gasteiger partial charge in [0, 0.05) is 12.6 Å². The molecule has 0 aromatic carbocycles. The molecule has 0 aromatic heterocycles. The number of carbonyl (C=O) groups is 1. The van der Waals surface area contributed by atoms with Crippen LogP contribution in [0.15, 0.2) is 0 Å². The first-order valence-corrected chi connectivity index (χ1v) is 7.53. The Kier molecular flexibility index (Phi) is 5.83. The minimum Gasteiger partial charge on any atom is -0.452 e. The van der Waals surface area contributed by atoms with Gasteiger partial charge in [-0.05, 0) is 32.4 Å². The molecule has 1 saturated heterocycles. The van der Waals surface area contributed by atoms with Crippen LogP contribution in [-0.4, -0.2) is 51.6 Å². The molecule has 106 valence electrons. The number of nitrogens with one attached hydrogen (secondary N) is 2. The molecule has 1 amide bonds. The summed E-state index contributed by atoms with van der Waals surface area (Å²) < 4.78 is 31.8. The van der Waals surface area contributed by atoms with Crippen molar-refractivity contribution in [2.45, 2.75) is 32.2 Å². The second kappa shape index (κ2) is 6.91. The van der Waals surface area contributed by atoms with E-state index in [1.807, 2.05) is 11.6 Å². The van der Waals surface area contributed by atoms with E-state index in [9.17, 15) is 13.2 Å². The summed E-state index contributed by atoms with van der Waals surface area (Å²) in [6, 6.07) is -0.0617. The second-order valence-electron chi connectivity index (χ2n) is 4.19. The second-order valence-corrected chi connectivity index (χ2v) is 5.81. The van der Waals surface area contributed by atoms with Gasteiger partial charge < -0.3 is 10.1 Å². The largest absolute Gasteiger partial charge is 0.452 e. The summed E-state index contributed by atoms with van der Waals surface area (Å²) in [6.07, 6.45) is 1.25. The molecule has 0 unspecified atom stereocenters. The number of hydrogen-bond donors (Lipinski definition) is 2. The minimum atomic E-state index is -3.81. The molecule has 0 saturated carbocycles. The van der Waals surface area contributed by atoms with Crippen LogP contribution in [0.5, 0.6) is 0 Å². The normalized spacial score (nSPS) is 17.7. The molecule has 0 aliphatic carbocycles. The molecule has 0 bridgehead atoms. The van der Waals surface area contributed by atoms with Gasteiger partial charge in [-0.1, -0.05) is 6.92 Å². The Morgan fingerprint density at radius 2 is 2.06 bits per heavy atom. The van der Waals surface area contributed by atoms with E-state index in [1.165, 1.54) is 4.31 Å². The van der Waals surface area contributed by atoms with Crippen LogP contribution in [0.4, 0.5) is 4.79 Å². The van der Waals surface area contributed by atoms with Crippen molar-refractivity contribution in [2.24, 2.45) is 0 Å². The maximum atomic E-state index is 12.1. The summed E-state index contributed by atoms with van der Waals surface area (Å²) in [5, 5.41) is 3.18. The molecule has 1 aliphatic rings. The Morgan fingerprint density at radius 1 is 1.44 bits per heavy atom. The summed E-state index contributed by atoms with van der Waals surface area (Å²) in [5.74, 6) is 0. The van der Waals surface area contributed by atoms with Gasteiger partial charge >= 0.3 is 16.3 Å². The zero-order chi connectivity index (χ0) is 13.6. The highest BCUT2D eigenvalue weighted by atomic mass is 32.2. The predicted octanol–water partition coefficient (Wildman–Crippen LogP) is 0.0512. The van der Waals surface area contributed by atoms with E-state index in [0.29, 0.717) is 13.0 Å². The number of amides is 1. The fourth-order valence-electron chi connectivity index (χ4n) is 2.02. The topological polar surface area (TPSA) is 87.7 Å². The summed E-state index contributed by atoms with van der Waals surface area (Å²) in [4.78, 5) is 11.1. The van der Waals surface area contributed by atoms with Gasteiger partial charge in [-0.3, -0.25) is 0 Å². The number of carbonyl (C=O) groups excluding carboxylic acids is 1. The fourth-order valence-corrected chi connectivity index (χ4v) is 3.46. The predicted molar refractivity (Wildman–Crippen MR) is 67.3 cm³/mol.